The van der Waals surface area contributed by atoms with Crippen LogP contribution in [-0.4, -0.2) is 44.3 Å². The molecule has 6 heteroatoms. The van der Waals surface area contributed by atoms with Crippen LogP contribution in [0.4, 0.5) is 0 Å². The summed E-state index contributed by atoms with van der Waals surface area (Å²) < 4.78 is 23.6. The van der Waals surface area contributed by atoms with Gasteiger partial charge in [-0.05, 0) is 18.4 Å². The third kappa shape index (κ3) is 5.85. The molecule has 1 amide bonds. The summed E-state index contributed by atoms with van der Waals surface area (Å²) in [6, 6.07) is 11.4. The van der Waals surface area contributed by atoms with Crippen molar-refractivity contribution in [1.82, 2.24) is 4.90 Å². The second-order valence-corrected chi connectivity index (χ2v) is 6.77. The van der Waals surface area contributed by atoms with Crippen molar-refractivity contribution in [3.8, 4) is 6.07 Å². The fourth-order valence-corrected chi connectivity index (χ4v) is 3.03. The van der Waals surface area contributed by atoms with E-state index in [1.54, 1.807) is 0 Å². The number of amides is 1. The molecule has 0 fully saturated rings. The number of benzene rings is 1. The van der Waals surface area contributed by atoms with Gasteiger partial charge in [-0.2, -0.15) is 5.26 Å². The normalized spacial score (nSPS) is 10.8. The third-order valence-corrected chi connectivity index (χ3v) is 4.44. The van der Waals surface area contributed by atoms with Crippen molar-refractivity contribution in [2.45, 2.75) is 12.8 Å². The van der Waals surface area contributed by atoms with E-state index >= 15 is 0 Å². The Morgan fingerprint density at radius 3 is 2.55 bits per heavy atom. The summed E-state index contributed by atoms with van der Waals surface area (Å²) in [7, 11) is -1.99. The zero-order chi connectivity index (χ0) is 15.0. The van der Waals surface area contributed by atoms with Gasteiger partial charge in [-0.25, -0.2) is 8.42 Å². The third-order valence-electron chi connectivity index (χ3n) is 2.84. The van der Waals surface area contributed by atoms with Gasteiger partial charge in [0.15, 0.2) is 9.84 Å². The zero-order valence-corrected chi connectivity index (χ0v) is 12.3. The zero-order valence-electron chi connectivity index (χ0n) is 11.4. The van der Waals surface area contributed by atoms with E-state index in [0.29, 0.717) is 12.8 Å². The van der Waals surface area contributed by atoms with E-state index in [1.807, 2.05) is 36.4 Å². The fraction of sp³-hybridized carbons (Fsp3) is 0.429. The van der Waals surface area contributed by atoms with Gasteiger partial charge in [0.25, 0.3) is 0 Å². The van der Waals surface area contributed by atoms with Crippen LogP contribution in [0.15, 0.2) is 30.3 Å². The average Bonchev–Trinajstić information content (AvgIpc) is 2.39. The molecule has 1 aromatic rings. The molecule has 0 N–H and O–H groups in total. The number of carbonyl (C=O) groups excluding carboxylic acids is 1. The highest BCUT2D eigenvalue weighted by Crippen LogP contribution is 2.05. The number of nitriles is 1. The standard InChI is InChI=1S/C14H18N2O3S/c1-16(10-9-15)14(17)12-20(18,19)11-5-8-13-6-3-2-4-7-13/h2-4,6-7H,5,8,10-12H2,1H3. The lowest BCUT2D eigenvalue weighted by Crippen LogP contribution is -2.33. The van der Waals surface area contributed by atoms with Crippen LogP contribution < -0.4 is 0 Å². The summed E-state index contributed by atoms with van der Waals surface area (Å²) in [4.78, 5) is 12.7. The maximum absolute atomic E-state index is 11.8. The first-order valence-electron chi connectivity index (χ1n) is 6.30. The topological polar surface area (TPSA) is 78.2 Å². The molecule has 0 saturated carbocycles. The first-order valence-corrected chi connectivity index (χ1v) is 8.12. The lowest BCUT2D eigenvalue weighted by atomic mass is 10.1. The number of carbonyl (C=O) groups is 1. The number of hydrogen-bond acceptors (Lipinski definition) is 4. The molecular weight excluding hydrogens is 276 g/mol. The number of nitrogens with zero attached hydrogens (tertiary/aromatic N) is 2. The Morgan fingerprint density at radius 1 is 1.30 bits per heavy atom. The molecule has 0 atom stereocenters. The van der Waals surface area contributed by atoms with Gasteiger partial charge in [0.2, 0.25) is 5.91 Å². The highest BCUT2D eigenvalue weighted by Gasteiger charge is 2.19. The Morgan fingerprint density at radius 2 is 1.95 bits per heavy atom. The van der Waals surface area contributed by atoms with E-state index in [-0.39, 0.29) is 12.3 Å². The van der Waals surface area contributed by atoms with Crippen LogP contribution in [-0.2, 0) is 21.1 Å². The largest absolute Gasteiger partial charge is 0.332 e. The van der Waals surface area contributed by atoms with Gasteiger partial charge in [-0.3, -0.25) is 4.79 Å². The van der Waals surface area contributed by atoms with Crippen molar-refractivity contribution in [3.05, 3.63) is 35.9 Å². The molecule has 1 aromatic carbocycles. The summed E-state index contributed by atoms with van der Waals surface area (Å²) in [5.41, 5.74) is 1.08. The molecule has 1 rings (SSSR count). The molecule has 108 valence electrons. The second kappa shape index (κ2) is 7.65. The second-order valence-electron chi connectivity index (χ2n) is 4.59. The highest BCUT2D eigenvalue weighted by molar-refractivity contribution is 7.92. The molecule has 0 spiro atoms. The predicted octanol–water partition coefficient (Wildman–Crippen LogP) is 1.02. The van der Waals surface area contributed by atoms with Crippen LogP contribution in [0.3, 0.4) is 0 Å². The van der Waals surface area contributed by atoms with Crippen LogP contribution in [0.1, 0.15) is 12.0 Å². The molecule has 0 unspecified atom stereocenters. The molecule has 20 heavy (non-hydrogen) atoms. The fourth-order valence-electron chi connectivity index (χ4n) is 1.71. The van der Waals surface area contributed by atoms with Crippen molar-refractivity contribution in [1.29, 1.82) is 5.26 Å². The maximum Gasteiger partial charge on any atom is 0.238 e. The van der Waals surface area contributed by atoms with Crippen molar-refractivity contribution in [3.63, 3.8) is 0 Å². The predicted molar refractivity (Wildman–Crippen MR) is 76.7 cm³/mol. The first-order chi connectivity index (χ1) is 9.44. The lowest BCUT2D eigenvalue weighted by Gasteiger charge is -2.12. The van der Waals surface area contributed by atoms with Gasteiger partial charge in [-0.1, -0.05) is 30.3 Å². The molecular formula is C14H18N2O3S. The molecule has 0 radical (unpaired) electrons. The number of rotatable bonds is 7. The molecule has 0 aromatic heterocycles. The Bertz CT molecular complexity index is 576. The van der Waals surface area contributed by atoms with Gasteiger partial charge in [0.05, 0.1) is 11.8 Å². The van der Waals surface area contributed by atoms with E-state index in [1.165, 1.54) is 7.05 Å². The number of sulfone groups is 1. The Balaban J connectivity index is 2.42. The van der Waals surface area contributed by atoms with Crippen molar-refractivity contribution in [2.24, 2.45) is 0 Å². The molecule has 0 aliphatic rings. The van der Waals surface area contributed by atoms with Gasteiger partial charge in [-0.15, -0.1) is 0 Å². The minimum atomic E-state index is -3.41. The van der Waals surface area contributed by atoms with Gasteiger partial charge < -0.3 is 4.90 Å². The van der Waals surface area contributed by atoms with Crippen molar-refractivity contribution in [2.75, 3.05) is 25.1 Å². The van der Waals surface area contributed by atoms with E-state index in [0.717, 1.165) is 10.5 Å². The van der Waals surface area contributed by atoms with Gasteiger partial charge in [0.1, 0.15) is 12.3 Å². The minimum Gasteiger partial charge on any atom is -0.332 e. The average molecular weight is 294 g/mol. The molecule has 0 aliphatic heterocycles. The Kier molecular flexibility index (Phi) is 6.19. The van der Waals surface area contributed by atoms with Gasteiger partial charge >= 0.3 is 0 Å². The Labute approximate surface area is 119 Å². The van der Waals surface area contributed by atoms with Crippen LogP contribution in [0.2, 0.25) is 0 Å². The van der Waals surface area contributed by atoms with E-state index in [9.17, 15) is 13.2 Å². The molecule has 0 heterocycles. The SMILES string of the molecule is CN(CC#N)C(=O)CS(=O)(=O)CCCc1ccccc1. The summed E-state index contributed by atoms with van der Waals surface area (Å²) in [5, 5.41) is 8.46. The van der Waals surface area contributed by atoms with Crippen LogP contribution in [0, 0.1) is 11.3 Å². The quantitative estimate of drug-likeness (QED) is 0.703. The minimum absolute atomic E-state index is 0.0198. The van der Waals surface area contributed by atoms with Crippen molar-refractivity contribution < 1.29 is 13.2 Å². The molecule has 0 aliphatic carbocycles. The molecule has 0 bridgehead atoms. The summed E-state index contributed by atoms with van der Waals surface area (Å²) >= 11 is 0. The number of aryl methyl sites for hydroxylation is 1. The van der Waals surface area contributed by atoms with Crippen LogP contribution >= 0.6 is 0 Å². The first kappa shape index (κ1) is 16.2. The monoisotopic (exact) mass is 294 g/mol. The lowest BCUT2D eigenvalue weighted by molar-refractivity contribution is -0.126. The van der Waals surface area contributed by atoms with Crippen molar-refractivity contribution >= 4 is 15.7 Å². The summed E-state index contributed by atoms with van der Waals surface area (Å²) in [6.07, 6.45) is 1.16. The smallest absolute Gasteiger partial charge is 0.238 e. The van der Waals surface area contributed by atoms with E-state index in [4.69, 9.17) is 5.26 Å². The van der Waals surface area contributed by atoms with E-state index in [2.05, 4.69) is 0 Å². The molecule has 5 nitrogen and oxygen atoms in total. The highest BCUT2D eigenvalue weighted by atomic mass is 32.2. The number of hydrogen-bond donors (Lipinski definition) is 0. The molecule has 0 saturated heterocycles. The summed E-state index contributed by atoms with van der Waals surface area (Å²) in [5.74, 6) is -1.08. The Hall–Kier alpha value is -1.87. The maximum atomic E-state index is 11.8. The van der Waals surface area contributed by atoms with E-state index < -0.39 is 21.5 Å². The van der Waals surface area contributed by atoms with Crippen LogP contribution in [0.25, 0.3) is 0 Å². The summed E-state index contributed by atoms with van der Waals surface area (Å²) in [6.45, 7) is -0.0988. The van der Waals surface area contributed by atoms with Gasteiger partial charge in [0, 0.05) is 7.05 Å². The van der Waals surface area contributed by atoms with Crippen LogP contribution in [0.5, 0.6) is 0 Å².